The molecule has 0 aliphatic carbocycles. The molecule has 1 unspecified atom stereocenters. The zero-order valence-electron chi connectivity index (χ0n) is 29.5. The van der Waals surface area contributed by atoms with E-state index in [0.717, 1.165) is 52.7 Å². The summed E-state index contributed by atoms with van der Waals surface area (Å²) in [4.78, 5) is 4.65. The summed E-state index contributed by atoms with van der Waals surface area (Å²) >= 11 is 1.77. The molecule has 1 N–H and O–H groups in total. The Balaban J connectivity index is 1.29. The van der Waals surface area contributed by atoms with Gasteiger partial charge in [0, 0.05) is 68.1 Å². The lowest BCUT2D eigenvalue weighted by molar-refractivity contribution is 0.443. The summed E-state index contributed by atoms with van der Waals surface area (Å²) < 4.78 is 63.8. The topological polar surface area (TPSA) is 98.2 Å². The second-order valence-electron chi connectivity index (χ2n) is 12.8. The van der Waals surface area contributed by atoms with Gasteiger partial charge < -0.3 is 9.80 Å². The first-order valence-electron chi connectivity index (χ1n) is 17.6. The highest BCUT2D eigenvalue weighted by molar-refractivity contribution is 7.99. The molecular weight excluding hydrogens is 711 g/mol. The first kappa shape index (κ1) is 37.6. The molecule has 0 amide bonds. The number of thioether (sulfide) groups is 1. The van der Waals surface area contributed by atoms with Crippen LogP contribution in [0.3, 0.4) is 0 Å². The molecule has 0 saturated carbocycles. The molecule has 5 aromatic carbocycles. The van der Waals surface area contributed by atoms with Crippen molar-refractivity contribution in [2.45, 2.75) is 42.6 Å². The Morgan fingerprint density at radius 2 is 1.17 bits per heavy atom. The van der Waals surface area contributed by atoms with Crippen molar-refractivity contribution < 1.29 is 21.4 Å². The molecule has 1 saturated heterocycles. The maximum absolute atomic E-state index is 13.4. The molecule has 1 heterocycles. The highest BCUT2D eigenvalue weighted by Gasteiger charge is 2.27. The molecule has 1 fully saturated rings. The number of hydrogen-bond acceptors (Lipinski definition) is 7. The van der Waals surface area contributed by atoms with Crippen molar-refractivity contribution >= 4 is 43.3 Å². The molecule has 1 aliphatic rings. The predicted octanol–water partition coefficient (Wildman–Crippen LogP) is 7.90. The number of anilines is 2. The lowest BCUT2D eigenvalue weighted by Gasteiger charge is -2.27. The molecule has 6 rings (SSSR count). The largest absolute Gasteiger partial charge is 0.367 e. The maximum Gasteiger partial charge on any atom is 0.294 e. The minimum absolute atomic E-state index is 0.124. The van der Waals surface area contributed by atoms with Crippen LogP contribution in [0.2, 0.25) is 0 Å². The molecule has 272 valence electrons. The molecule has 5 aromatic rings. The normalized spacial score (nSPS) is 14.5. The van der Waals surface area contributed by atoms with Crippen LogP contribution in [0.15, 0.2) is 137 Å². The summed E-state index contributed by atoms with van der Waals surface area (Å²) in [7, 11) is -8.06. The molecule has 0 radical (unpaired) electrons. The fourth-order valence-corrected chi connectivity index (χ4v) is 10.2. The van der Waals surface area contributed by atoms with Gasteiger partial charge in [-0.05, 0) is 84.1 Å². The van der Waals surface area contributed by atoms with E-state index in [0.29, 0.717) is 36.6 Å². The number of sulfonamides is 1. The van der Waals surface area contributed by atoms with Crippen LogP contribution in [0, 0.1) is 0 Å². The predicted molar refractivity (Wildman–Crippen MR) is 213 cm³/mol. The van der Waals surface area contributed by atoms with Crippen LogP contribution >= 0.6 is 11.8 Å². The van der Waals surface area contributed by atoms with Crippen LogP contribution in [0.25, 0.3) is 0 Å². The van der Waals surface area contributed by atoms with Gasteiger partial charge in [-0.2, -0.15) is 24.5 Å². The number of nitrogens with zero attached hydrogens (tertiary/aromatic N) is 3. The van der Waals surface area contributed by atoms with E-state index < -0.39 is 26.1 Å². The number of benzene rings is 5. The van der Waals surface area contributed by atoms with Gasteiger partial charge in [-0.1, -0.05) is 84.9 Å². The molecule has 0 aromatic heterocycles. The molecule has 0 bridgehead atoms. The van der Waals surface area contributed by atoms with E-state index in [9.17, 15) is 21.4 Å². The standard InChI is InChI=1S/C41H45N3O5S3/c1-3-42(30-32-11-6-5-7-12-32)36-21-17-34(18-22-36)41(39-15-8-9-16-40(39)52(47,48)49)35-19-23-37(24-20-35)43(4-2)31-33-13-10-14-38(29-33)51(45,46)44-25-27-50-28-26-44/h5-24,29,41H,3-4,25-28,30-31H2,1-2H3,(H,47,48,49). The Morgan fingerprint density at radius 1 is 0.654 bits per heavy atom. The van der Waals surface area contributed by atoms with Crippen LogP contribution in [-0.4, -0.2) is 63.4 Å². The average molecular weight is 756 g/mol. The minimum atomic E-state index is -4.50. The zero-order valence-corrected chi connectivity index (χ0v) is 32.0. The number of hydrogen-bond donors (Lipinski definition) is 1. The monoisotopic (exact) mass is 755 g/mol. The molecule has 11 heteroatoms. The Kier molecular flexibility index (Phi) is 12.1. The molecule has 1 atom stereocenters. The van der Waals surface area contributed by atoms with Crippen molar-refractivity contribution in [2.75, 3.05) is 47.5 Å². The van der Waals surface area contributed by atoms with E-state index in [1.54, 1.807) is 46.4 Å². The summed E-state index contributed by atoms with van der Waals surface area (Å²) in [6.07, 6.45) is 0. The second-order valence-corrected chi connectivity index (χ2v) is 17.4. The summed E-state index contributed by atoms with van der Waals surface area (Å²) in [5, 5.41) is 0. The van der Waals surface area contributed by atoms with Crippen LogP contribution < -0.4 is 9.80 Å². The van der Waals surface area contributed by atoms with Crippen molar-refractivity contribution in [3.8, 4) is 0 Å². The van der Waals surface area contributed by atoms with E-state index in [2.05, 4.69) is 47.9 Å². The number of rotatable bonds is 14. The average Bonchev–Trinajstić information content (AvgIpc) is 3.17. The lowest BCUT2D eigenvalue weighted by Crippen LogP contribution is -2.37. The Labute approximate surface area is 312 Å². The maximum atomic E-state index is 13.4. The molecule has 52 heavy (non-hydrogen) atoms. The van der Waals surface area contributed by atoms with Crippen LogP contribution in [0.1, 0.15) is 47.6 Å². The smallest absolute Gasteiger partial charge is 0.294 e. The summed E-state index contributed by atoms with van der Waals surface area (Å²) in [6.45, 7) is 8.01. The SMILES string of the molecule is CCN(Cc1ccccc1)c1ccc(C(c2ccc(N(CC)Cc3cccc(S(=O)(=O)N4CCSCC4)c3)cc2)c2ccccc2S(=O)(=O)O)cc1. The van der Waals surface area contributed by atoms with Crippen LogP contribution in [0.5, 0.6) is 0 Å². The van der Waals surface area contributed by atoms with Gasteiger partial charge in [-0.15, -0.1) is 0 Å². The van der Waals surface area contributed by atoms with Gasteiger partial charge >= 0.3 is 0 Å². The molecule has 8 nitrogen and oxygen atoms in total. The van der Waals surface area contributed by atoms with E-state index in [1.165, 1.54) is 11.6 Å². The van der Waals surface area contributed by atoms with Gasteiger partial charge in [0.25, 0.3) is 10.1 Å². The minimum Gasteiger partial charge on any atom is -0.367 e. The van der Waals surface area contributed by atoms with Gasteiger partial charge in [0.2, 0.25) is 10.0 Å². The second kappa shape index (κ2) is 16.7. The highest BCUT2D eigenvalue weighted by atomic mass is 32.2. The molecule has 1 aliphatic heterocycles. The van der Waals surface area contributed by atoms with E-state index in [-0.39, 0.29) is 4.90 Å². The van der Waals surface area contributed by atoms with Gasteiger partial charge in [-0.25, -0.2) is 8.42 Å². The Morgan fingerprint density at radius 3 is 1.73 bits per heavy atom. The quantitative estimate of drug-likeness (QED) is 0.0903. The first-order valence-corrected chi connectivity index (χ1v) is 21.6. The van der Waals surface area contributed by atoms with Crippen LogP contribution in [-0.2, 0) is 33.2 Å². The van der Waals surface area contributed by atoms with Crippen LogP contribution in [0.4, 0.5) is 11.4 Å². The summed E-state index contributed by atoms with van der Waals surface area (Å²) in [5.74, 6) is 1.13. The van der Waals surface area contributed by atoms with E-state index in [1.807, 2.05) is 66.7 Å². The first-order chi connectivity index (χ1) is 25.1. The van der Waals surface area contributed by atoms with E-state index in [4.69, 9.17) is 0 Å². The van der Waals surface area contributed by atoms with Crippen molar-refractivity contribution in [3.63, 3.8) is 0 Å². The van der Waals surface area contributed by atoms with Gasteiger partial charge in [-0.3, -0.25) is 4.55 Å². The van der Waals surface area contributed by atoms with Crippen molar-refractivity contribution in [1.82, 2.24) is 4.31 Å². The van der Waals surface area contributed by atoms with Crippen molar-refractivity contribution in [3.05, 3.63) is 155 Å². The van der Waals surface area contributed by atoms with Gasteiger partial charge in [0.1, 0.15) is 0 Å². The zero-order chi connectivity index (χ0) is 36.7. The molecular formula is C41H45N3O5S3. The van der Waals surface area contributed by atoms with Crippen molar-refractivity contribution in [1.29, 1.82) is 0 Å². The fourth-order valence-electron chi connectivity index (χ4n) is 6.80. The van der Waals surface area contributed by atoms with E-state index >= 15 is 0 Å². The Hall–Kier alpha value is -4.13. The summed E-state index contributed by atoms with van der Waals surface area (Å²) in [5.41, 5.74) is 6.35. The van der Waals surface area contributed by atoms with Crippen molar-refractivity contribution in [2.24, 2.45) is 0 Å². The van der Waals surface area contributed by atoms with Gasteiger partial charge in [0.15, 0.2) is 0 Å². The molecule has 0 spiro atoms. The Bertz CT molecular complexity index is 2160. The summed E-state index contributed by atoms with van der Waals surface area (Å²) in [6, 6.07) is 40.3. The highest BCUT2D eigenvalue weighted by Crippen LogP contribution is 2.37. The third-order valence-corrected chi connectivity index (χ3v) is 13.3. The fraction of sp³-hybridized carbons (Fsp3) is 0.268. The lowest BCUT2D eigenvalue weighted by atomic mass is 9.85. The third-order valence-electron chi connectivity index (χ3n) is 9.55. The third kappa shape index (κ3) is 8.73. The van der Waals surface area contributed by atoms with Gasteiger partial charge in [0.05, 0.1) is 9.79 Å².